The van der Waals surface area contributed by atoms with Crippen LogP contribution < -0.4 is 10.2 Å². The summed E-state index contributed by atoms with van der Waals surface area (Å²) in [7, 11) is 0. The molecule has 3 rings (SSSR count). The van der Waals surface area contributed by atoms with Crippen LogP contribution in [0.4, 0.5) is 9.52 Å². The van der Waals surface area contributed by atoms with E-state index in [9.17, 15) is 9.18 Å². The average molecular weight is 347 g/mol. The van der Waals surface area contributed by atoms with Gasteiger partial charge in [0.1, 0.15) is 5.82 Å². The third kappa shape index (κ3) is 4.77. The number of benzene rings is 1. The fourth-order valence-electron chi connectivity index (χ4n) is 2.82. The highest BCUT2D eigenvalue weighted by molar-refractivity contribution is 7.13. The second kappa shape index (κ2) is 8.24. The Morgan fingerprint density at radius 3 is 2.71 bits per heavy atom. The number of thiazole rings is 1. The van der Waals surface area contributed by atoms with Gasteiger partial charge in [0, 0.05) is 31.4 Å². The molecule has 1 saturated heterocycles. The van der Waals surface area contributed by atoms with Crippen molar-refractivity contribution in [3.63, 3.8) is 0 Å². The van der Waals surface area contributed by atoms with E-state index < -0.39 is 0 Å². The van der Waals surface area contributed by atoms with Crippen LogP contribution in [-0.4, -0.2) is 30.5 Å². The maximum atomic E-state index is 12.8. The Morgan fingerprint density at radius 2 is 1.96 bits per heavy atom. The first-order valence-electron chi connectivity index (χ1n) is 8.41. The van der Waals surface area contributed by atoms with Crippen molar-refractivity contribution < 1.29 is 9.18 Å². The first kappa shape index (κ1) is 16.9. The van der Waals surface area contributed by atoms with E-state index in [1.165, 1.54) is 31.4 Å². The Hall–Kier alpha value is -1.95. The third-order valence-corrected chi connectivity index (χ3v) is 5.10. The van der Waals surface area contributed by atoms with Crippen LogP contribution in [0, 0.1) is 5.82 Å². The van der Waals surface area contributed by atoms with Crippen molar-refractivity contribution in [2.75, 3.05) is 24.5 Å². The molecule has 1 amide bonds. The lowest BCUT2D eigenvalue weighted by atomic mass is 10.1. The maximum Gasteiger partial charge on any atom is 0.224 e. The zero-order chi connectivity index (χ0) is 16.8. The highest BCUT2D eigenvalue weighted by Crippen LogP contribution is 2.24. The molecule has 1 aliphatic rings. The molecule has 24 heavy (non-hydrogen) atoms. The summed E-state index contributed by atoms with van der Waals surface area (Å²) in [4.78, 5) is 18.9. The summed E-state index contributed by atoms with van der Waals surface area (Å²) in [6, 6.07) is 6.03. The topological polar surface area (TPSA) is 45.2 Å². The molecule has 1 aliphatic heterocycles. The van der Waals surface area contributed by atoms with Gasteiger partial charge in [-0.1, -0.05) is 12.1 Å². The zero-order valence-corrected chi connectivity index (χ0v) is 14.4. The molecule has 0 atom stereocenters. The Morgan fingerprint density at radius 1 is 1.21 bits per heavy atom. The Bertz CT molecular complexity index is 665. The molecule has 4 nitrogen and oxygen atoms in total. The molecule has 6 heteroatoms. The van der Waals surface area contributed by atoms with E-state index in [2.05, 4.69) is 20.6 Å². The molecule has 1 N–H and O–H groups in total. The van der Waals surface area contributed by atoms with Crippen molar-refractivity contribution in [2.24, 2.45) is 0 Å². The molecule has 128 valence electrons. The van der Waals surface area contributed by atoms with Crippen molar-refractivity contribution in [3.05, 3.63) is 46.7 Å². The van der Waals surface area contributed by atoms with Crippen molar-refractivity contribution in [3.8, 4) is 0 Å². The number of nitrogens with one attached hydrogen (secondary N) is 1. The van der Waals surface area contributed by atoms with Gasteiger partial charge in [-0.05, 0) is 37.0 Å². The number of carbonyl (C=O) groups excluding carboxylic acids is 1. The monoisotopic (exact) mass is 347 g/mol. The molecular formula is C18H22FN3OS. The van der Waals surface area contributed by atoms with Gasteiger partial charge >= 0.3 is 0 Å². The Balaban J connectivity index is 1.42. The maximum absolute atomic E-state index is 12.8. The first-order chi connectivity index (χ1) is 11.7. The molecule has 0 unspecified atom stereocenters. The molecule has 1 aromatic carbocycles. The second-order valence-corrected chi connectivity index (χ2v) is 6.91. The Labute approximate surface area is 145 Å². The predicted molar refractivity (Wildman–Crippen MR) is 95.0 cm³/mol. The van der Waals surface area contributed by atoms with Crippen LogP contribution >= 0.6 is 11.3 Å². The highest BCUT2D eigenvalue weighted by atomic mass is 32.1. The molecule has 0 bridgehead atoms. The van der Waals surface area contributed by atoms with Gasteiger partial charge in [0.2, 0.25) is 5.91 Å². The number of rotatable bonds is 6. The van der Waals surface area contributed by atoms with E-state index in [4.69, 9.17) is 0 Å². The van der Waals surface area contributed by atoms with E-state index in [1.807, 2.05) is 0 Å². The smallest absolute Gasteiger partial charge is 0.224 e. The van der Waals surface area contributed by atoms with Crippen LogP contribution in [0.3, 0.4) is 0 Å². The van der Waals surface area contributed by atoms with Crippen LogP contribution in [0.1, 0.15) is 30.5 Å². The molecule has 0 saturated carbocycles. The summed E-state index contributed by atoms with van der Waals surface area (Å²) >= 11 is 1.69. The lowest BCUT2D eigenvalue weighted by Crippen LogP contribution is -2.29. The molecule has 0 spiro atoms. The summed E-state index contributed by atoms with van der Waals surface area (Å²) in [5.41, 5.74) is 1.84. The summed E-state index contributed by atoms with van der Waals surface area (Å²) in [6.07, 6.45) is 4.81. The van der Waals surface area contributed by atoms with Crippen LogP contribution in [0.15, 0.2) is 29.6 Å². The number of anilines is 1. The van der Waals surface area contributed by atoms with Crippen LogP contribution in [0.5, 0.6) is 0 Å². The summed E-state index contributed by atoms with van der Waals surface area (Å²) in [5, 5.41) is 6.08. The van der Waals surface area contributed by atoms with Gasteiger partial charge in [0.25, 0.3) is 0 Å². The number of amides is 1. The number of piperidine rings is 1. The minimum atomic E-state index is -0.285. The first-order valence-corrected chi connectivity index (χ1v) is 9.29. The molecule has 2 heterocycles. The predicted octanol–water partition coefficient (Wildman–Crippen LogP) is 3.17. The summed E-state index contributed by atoms with van der Waals surface area (Å²) in [6.45, 7) is 2.77. The normalized spacial score (nSPS) is 14.6. The molecule has 1 aromatic heterocycles. The fourth-order valence-corrected chi connectivity index (χ4v) is 3.74. The fraction of sp³-hybridized carbons (Fsp3) is 0.444. The van der Waals surface area contributed by atoms with Crippen molar-refractivity contribution in [1.82, 2.24) is 10.3 Å². The van der Waals surface area contributed by atoms with E-state index in [0.717, 1.165) is 35.9 Å². The number of carbonyl (C=O) groups is 1. The van der Waals surface area contributed by atoms with Gasteiger partial charge in [-0.25, -0.2) is 9.37 Å². The van der Waals surface area contributed by atoms with E-state index in [1.54, 1.807) is 23.5 Å². The minimum absolute atomic E-state index is 0.0481. The lowest BCUT2D eigenvalue weighted by Gasteiger charge is -2.25. The second-order valence-electron chi connectivity index (χ2n) is 6.07. The number of halogens is 1. The lowest BCUT2D eigenvalue weighted by molar-refractivity contribution is -0.120. The summed E-state index contributed by atoms with van der Waals surface area (Å²) in [5.74, 6) is -0.333. The molecule has 0 radical (unpaired) electrons. The van der Waals surface area contributed by atoms with Crippen LogP contribution in [-0.2, 0) is 17.6 Å². The standard InChI is InChI=1S/C18H22FN3OS/c19-15-6-4-14(5-7-15)12-17(23)20-9-8-16-13-24-18(21-16)22-10-2-1-3-11-22/h4-7,13H,1-3,8-12H2,(H,20,23). The molecule has 1 fully saturated rings. The van der Waals surface area contributed by atoms with E-state index in [0.29, 0.717) is 6.54 Å². The highest BCUT2D eigenvalue weighted by Gasteiger charge is 2.14. The van der Waals surface area contributed by atoms with Gasteiger partial charge in [-0.3, -0.25) is 4.79 Å². The van der Waals surface area contributed by atoms with Gasteiger partial charge < -0.3 is 10.2 Å². The van der Waals surface area contributed by atoms with E-state index in [-0.39, 0.29) is 18.1 Å². The summed E-state index contributed by atoms with van der Waals surface area (Å²) < 4.78 is 12.8. The average Bonchev–Trinajstić information content (AvgIpc) is 3.07. The largest absolute Gasteiger partial charge is 0.355 e. The van der Waals surface area contributed by atoms with Crippen LogP contribution in [0.2, 0.25) is 0 Å². The zero-order valence-electron chi connectivity index (χ0n) is 13.6. The number of hydrogen-bond donors (Lipinski definition) is 1. The van der Waals surface area contributed by atoms with Gasteiger partial charge in [0.15, 0.2) is 5.13 Å². The molecule has 2 aromatic rings. The van der Waals surface area contributed by atoms with Crippen molar-refractivity contribution in [1.29, 1.82) is 0 Å². The number of hydrogen-bond acceptors (Lipinski definition) is 4. The number of aromatic nitrogens is 1. The quantitative estimate of drug-likeness (QED) is 0.873. The van der Waals surface area contributed by atoms with Gasteiger partial charge in [-0.15, -0.1) is 11.3 Å². The molecular weight excluding hydrogens is 325 g/mol. The molecule has 0 aliphatic carbocycles. The Kier molecular flexibility index (Phi) is 5.80. The number of nitrogens with zero attached hydrogens (tertiary/aromatic N) is 2. The van der Waals surface area contributed by atoms with Crippen molar-refractivity contribution in [2.45, 2.75) is 32.1 Å². The van der Waals surface area contributed by atoms with Gasteiger partial charge in [0.05, 0.1) is 12.1 Å². The third-order valence-electron chi connectivity index (χ3n) is 4.15. The van der Waals surface area contributed by atoms with Crippen molar-refractivity contribution >= 4 is 22.4 Å². The van der Waals surface area contributed by atoms with Gasteiger partial charge in [-0.2, -0.15) is 0 Å². The van der Waals surface area contributed by atoms with Crippen LogP contribution in [0.25, 0.3) is 0 Å². The SMILES string of the molecule is O=C(Cc1ccc(F)cc1)NCCc1csc(N2CCCCC2)n1. The van der Waals surface area contributed by atoms with E-state index >= 15 is 0 Å². The minimum Gasteiger partial charge on any atom is -0.355 e.